The molecule has 3 rings (SSSR count). The van der Waals surface area contributed by atoms with Crippen LogP contribution in [0.1, 0.15) is 15.9 Å². The molecule has 110 valence electrons. The Morgan fingerprint density at radius 2 is 1.95 bits per heavy atom. The predicted octanol–water partition coefficient (Wildman–Crippen LogP) is 3.95. The van der Waals surface area contributed by atoms with Gasteiger partial charge in [0.2, 0.25) is 0 Å². The van der Waals surface area contributed by atoms with Gasteiger partial charge in [0.15, 0.2) is 5.13 Å². The van der Waals surface area contributed by atoms with Gasteiger partial charge in [0.25, 0.3) is 5.91 Å². The van der Waals surface area contributed by atoms with Crippen LogP contribution in [-0.4, -0.2) is 10.9 Å². The summed E-state index contributed by atoms with van der Waals surface area (Å²) in [6.45, 7) is 1.96. The van der Waals surface area contributed by atoms with Crippen LogP contribution in [0.15, 0.2) is 53.9 Å². The van der Waals surface area contributed by atoms with E-state index in [1.165, 1.54) is 11.3 Å². The standard InChI is InChI=1S/C17H15N3OS/c1-11-3-2-4-13(9-11)16(21)19-14-7-5-12(6-8-14)15-10-22-17(18)20-15/h2-10H,1H3,(H2,18,20)(H,19,21). The molecule has 3 aromatic rings. The molecule has 0 radical (unpaired) electrons. The molecule has 0 aliphatic carbocycles. The largest absolute Gasteiger partial charge is 0.375 e. The number of hydrogen-bond acceptors (Lipinski definition) is 4. The number of nitrogens with two attached hydrogens (primary N) is 1. The van der Waals surface area contributed by atoms with E-state index in [9.17, 15) is 4.79 Å². The van der Waals surface area contributed by atoms with Crippen LogP contribution in [0.2, 0.25) is 0 Å². The van der Waals surface area contributed by atoms with E-state index >= 15 is 0 Å². The smallest absolute Gasteiger partial charge is 0.255 e. The quantitative estimate of drug-likeness (QED) is 0.769. The molecule has 3 N–H and O–H groups in total. The molecule has 1 heterocycles. The molecule has 2 aromatic carbocycles. The zero-order valence-electron chi connectivity index (χ0n) is 12.0. The molecule has 0 bridgehead atoms. The number of aryl methyl sites for hydroxylation is 1. The van der Waals surface area contributed by atoms with Crippen LogP contribution < -0.4 is 11.1 Å². The highest BCUT2D eigenvalue weighted by molar-refractivity contribution is 7.13. The first-order valence-electron chi connectivity index (χ1n) is 6.81. The lowest BCUT2D eigenvalue weighted by Gasteiger charge is -2.06. The third kappa shape index (κ3) is 3.15. The predicted molar refractivity (Wildman–Crippen MR) is 91.1 cm³/mol. The van der Waals surface area contributed by atoms with Crippen LogP contribution in [0.25, 0.3) is 11.3 Å². The Balaban J connectivity index is 1.75. The second kappa shape index (κ2) is 5.99. The molecule has 0 aliphatic rings. The Morgan fingerprint density at radius 1 is 1.18 bits per heavy atom. The number of rotatable bonds is 3. The van der Waals surface area contributed by atoms with Crippen molar-refractivity contribution in [2.45, 2.75) is 6.92 Å². The lowest BCUT2D eigenvalue weighted by Crippen LogP contribution is -2.11. The minimum atomic E-state index is -0.116. The van der Waals surface area contributed by atoms with Gasteiger partial charge in [0.05, 0.1) is 5.69 Å². The van der Waals surface area contributed by atoms with Gasteiger partial charge in [-0.15, -0.1) is 11.3 Å². The van der Waals surface area contributed by atoms with Crippen molar-refractivity contribution in [1.29, 1.82) is 0 Å². The van der Waals surface area contributed by atoms with Gasteiger partial charge < -0.3 is 11.1 Å². The monoisotopic (exact) mass is 309 g/mol. The highest BCUT2D eigenvalue weighted by Crippen LogP contribution is 2.24. The van der Waals surface area contributed by atoms with Gasteiger partial charge in [0.1, 0.15) is 0 Å². The summed E-state index contributed by atoms with van der Waals surface area (Å²) in [5.74, 6) is -0.116. The van der Waals surface area contributed by atoms with Crippen molar-refractivity contribution in [2.24, 2.45) is 0 Å². The number of anilines is 2. The number of nitrogen functional groups attached to an aromatic ring is 1. The second-order valence-electron chi connectivity index (χ2n) is 4.97. The molecule has 0 fully saturated rings. The highest BCUT2D eigenvalue weighted by atomic mass is 32.1. The first-order valence-corrected chi connectivity index (χ1v) is 7.69. The number of benzene rings is 2. The molecular formula is C17H15N3OS. The highest BCUT2D eigenvalue weighted by Gasteiger charge is 2.07. The van der Waals surface area contributed by atoms with Crippen molar-refractivity contribution >= 4 is 28.1 Å². The number of thiazole rings is 1. The summed E-state index contributed by atoms with van der Waals surface area (Å²) in [5, 5.41) is 5.35. The van der Waals surface area contributed by atoms with Crippen LogP contribution in [0.3, 0.4) is 0 Å². The molecule has 1 aromatic heterocycles. The fourth-order valence-corrected chi connectivity index (χ4v) is 2.71. The Bertz CT molecular complexity index is 809. The van der Waals surface area contributed by atoms with E-state index in [4.69, 9.17) is 5.73 Å². The van der Waals surface area contributed by atoms with E-state index in [1.807, 2.05) is 54.8 Å². The van der Waals surface area contributed by atoms with Crippen molar-refractivity contribution in [3.05, 3.63) is 65.0 Å². The maximum absolute atomic E-state index is 12.2. The normalized spacial score (nSPS) is 10.4. The lowest BCUT2D eigenvalue weighted by atomic mass is 10.1. The Morgan fingerprint density at radius 3 is 2.59 bits per heavy atom. The van der Waals surface area contributed by atoms with Crippen LogP contribution in [0.5, 0.6) is 0 Å². The third-order valence-corrected chi connectivity index (χ3v) is 3.91. The van der Waals surface area contributed by atoms with Crippen LogP contribution >= 0.6 is 11.3 Å². The number of carbonyl (C=O) groups excluding carboxylic acids is 1. The molecule has 0 atom stereocenters. The van der Waals surface area contributed by atoms with Gasteiger partial charge in [-0.1, -0.05) is 29.8 Å². The molecule has 22 heavy (non-hydrogen) atoms. The first kappa shape index (κ1) is 14.3. The average Bonchev–Trinajstić information content (AvgIpc) is 2.94. The summed E-state index contributed by atoms with van der Waals surface area (Å²) in [5.41, 5.74) is 9.92. The second-order valence-corrected chi connectivity index (χ2v) is 5.86. The number of aromatic nitrogens is 1. The molecular weight excluding hydrogens is 294 g/mol. The molecule has 0 spiro atoms. The van der Waals surface area contributed by atoms with E-state index in [1.54, 1.807) is 6.07 Å². The number of carbonyl (C=O) groups is 1. The van der Waals surface area contributed by atoms with Gasteiger partial charge >= 0.3 is 0 Å². The van der Waals surface area contributed by atoms with Gasteiger partial charge in [-0.3, -0.25) is 4.79 Å². The lowest BCUT2D eigenvalue weighted by molar-refractivity contribution is 0.102. The number of amides is 1. The van der Waals surface area contributed by atoms with Gasteiger partial charge in [-0.2, -0.15) is 0 Å². The number of nitrogens with zero attached hydrogens (tertiary/aromatic N) is 1. The summed E-state index contributed by atoms with van der Waals surface area (Å²) in [4.78, 5) is 16.4. The van der Waals surface area contributed by atoms with Gasteiger partial charge in [-0.05, 0) is 31.2 Å². The Kier molecular flexibility index (Phi) is 3.89. The van der Waals surface area contributed by atoms with Crippen LogP contribution in [0, 0.1) is 6.92 Å². The molecule has 1 amide bonds. The fourth-order valence-electron chi connectivity index (χ4n) is 2.13. The summed E-state index contributed by atoms with van der Waals surface area (Å²) in [6, 6.07) is 15.1. The summed E-state index contributed by atoms with van der Waals surface area (Å²) >= 11 is 1.41. The van der Waals surface area contributed by atoms with Crippen molar-refractivity contribution in [3.63, 3.8) is 0 Å². The van der Waals surface area contributed by atoms with E-state index in [-0.39, 0.29) is 5.91 Å². The van der Waals surface area contributed by atoms with E-state index < -0.39 is 0 Å². The first-order chi connectivity index (χ1) is 10.6. The zero-order valence-corrected chi connectivity index (χ0v) is 12.9. The maximum atomic E-state index is 12.2. The van der Waals surface area contributed by atoms with E-state index in [2.05, 4.69) is 10.3 Å². The van der Waals surface area contributed by atoms with Crippen molar-refractivity contribution in [2.75, 3.05) is 11.1 Å². The minimum Gasteiger partial charge on any atom is -0.375 e. The van der Waals surface area contributed by atoms with Crippen LogP contribution in [0.4, 0.5) is 10.8 Å². The summed E-state index contributed by atoms with van der Waals surface area (Å²) < 4.78 is 0. The van der Waals surface area contributed by atoms with Crippen LogP contribution in [-0.2, 0) is 0 Å². The average molecular weight is 309 g/mol. The van der Waals surface area contributed by atoms with Gasteiger partial charge in [0, 0.05) is 22.2 Å². The van der Waals surface area contributed by atoms with Crippen molar-refractivity contribution in [1.82, 2.24) is 4.98 Å². The number of nitrogens with one attached hydrogen (secondary N) is 1. The summed E-state index contributed by atoms with van der Waals surface area (Å²) in [6.07, 6.45) is 0. The molecule has 0 unspecified atom stereocenters. The van der Waals surface area contributed by atoms with Crippen molar-refractivity contribution < 1.29 is 4.79 Å². The Hall–Kier alpha value is -2.66. The van der Waals surface area contributed by atoms with Crippen molar-refractivity contribution in [3.8, 4) is 11.3 Å². The summed E-state index contributed by atoms with van der Waals surface area (Å²) in [7, 11) is 0. The fraction of sp³-hybridized carbons (Fsp3) is 0.0588. The van der Waals surface area contributed by atoms with E-state index in [0.717, 1.165) is 22.5 Å². The van der Waals surface area contributed by atoms with Gasteiger partial charge in [-0.25, -0.2) is 4.98 Å². The Labute approximate surface area is 132 Å². The SMILES string of the molecule is Cc1cccc(C(=O)Nc2ccc(-c3csc(N)n3)cc2)c1. The molecule has 5 heteroatoms. The minimum absolute atomic E-state index is 0.116. The molecule has 0 aliphatic heterocycles. The molecule has 0 saturated carbocycles. The topological polar surface area (TPSA) is 68.0 Å². The third-order valence-electron chi connectivity index (χ3n) is 3.24. The molecule has 4 nitrogen and oxygen atoms in total. The number of hydrogen-bond donors (Lipinski definition) is 2. The molecule has 0 saturated heterocycles. The zero-order chi connectivity index (χ0) is 15.5. The van der Waals surface area contributed by atoms with E-state index in [0.29, 0.717) is 10.7 Å². The maximum Gasteiger partial charge on any atom is 0.255 e.